The van der Waals surface area contributed by atoms with Gasteiger partial charge in [0.1, 0.15) is 6.04 Å². The molecule has 2 rings (SSSR count). The summed E-state index contributed by atoms with van der Waals surface area (Å²) < 4.78 is 1.56. The number of aliphatic carboxylic acids is 1. The van der Waals surface area contributed by atoms with E-state index >= 15 is 0 Å². The predicted octanol–water partition coefficient (Wildman–Crippen LogP) is 0.937. The number of carbonyl (C=O) groups is 1. The van der Waals surface area contributed by atoms with Crippen LogP contribution < -0.4 is 5.73 Å². The molecule has 6 nitrogen and oxygen atoms in total. The summed E-state index contributed by atoms with van der Waals surface area (Å²) in [5.74, 6) is -0.217. The first-order valence-electron chi connectivity index (χ1n) is 5.34. The molecule has 2 aromatic heterocycles. The van der Waals surface area contributed by atoms with E-state index in [0.29, 0.717) is 17.0 Å². The van der Waals surface area contributed by atoms with Crippen molar-refractivity contribution in [3.8, 4) is 0 Å². The van der Waals surface area contributed by atoms with E-state index in [4.69, 9.17) is 10.8 Å². The zero-order valence-electron chi connectivity index (χ0n) is 9.66. The van der Waals surface area contributed by atoms with Crippen molar-refractivity contribution in [3.05, 3.63) is 29.7 Å². The number of carboxylic acids is 1. The first-order valence-corrected chi connectivity index (χ1v) is 5.34. The second-order valence-corrected chi connectivity index (χ2v) is 4.17. The van der Waals surface area contributed by atoms with Gasteiger partial charge < -0.3 is 10.8 Å². The second-order valence-electron chi connectivity index (χ2n) is 4.17. The number of nitrogens with zero attached hydrogens (tertiary/aromatic N) is 3. The van der Waals surface area contributed by atoms with E-state index in [0.717, 1.165) is 0 Å². The van der Waals surface area contributed by atoms with E-state index in [9.17, 15) is 4.79 Å². The van der Waals surface area contributed by atoms with Gasteiger partial charge in [-0.2, -0.15) is 5.10 Å². The summed E-state index contributed by atoms with van der Waals surface area (Å²) in [5, 5.41) is 13.2. The fourth-order valence-corrected chi connectivity index (χ4v) is 1.56. The Morgan fingerprint density at radius 3 is 2.82 bits per heavy atom. The van der Waals surface area contributed by atoms with Crippen molar-refractivity contribution in [3.63, 3.8) is 0 Å². The van der Waals surface area contributed by atoms with Crippen molar-refractivity contribution in [2.24, 2.45) is 5.73 Å². The lowest BCUT2D eigenvalue weighted by atomic mass is 10.1. The summed E-state index contributed by atoms with van der Waals surface area (Å²) in [4.78, 5) is 15.2. The van der Waals surface area contributed by atoms with Crippen LogP contribution in [-0.2, 0) is 4.79 Å². The number of fused-ring (bicyclic) bond motifs is 1. The van der Waals surface area contributed by atoms with Crippen LogP contribution in [0.2, 0.25) is 0 Å². The lowest BCUT2D eigenvalue weighted by Crippen LogP contribution is -2.21. The molecule has 1 atom stereocenters. The summed E-state index contributed by atoms with van der Waals surface area (Å²) in [5.41, 5.74) is 6.59. The Kier molecular flexibility index (Phi) is 2.81. The summed E-state index contributed by atoms with van der Waals surface area (Å²) in [6.45, 7) is 3.96. The summed E-state index contributed by atoms with van der Waals surface area (Å²) in [6, 6.07) is 2.29. The molecule has 90 valence electrons. The predicted molar refractivity (Wildman–Crippen MR) is 61.6 cm³/mol. The van der Waals surface area contributed by atoms with E-state index in [2.05, 4.69) is 10.1 Å². The van der Waals surface area contributed by atoms with E-state index in [1.54, 1.807) is 22.8 Å². The largest absolute Gasteiger partial charge is 0.480 e. The summed E-state index contributed by atoms with van der Waals surface area (Å²) in [7, 11) is 0. The number of hydrogen-bond donors (Lipinski definition) is 2. The van der Waals surface area contributed by atoms with Crippen molar-refractivity contribution in [2.45, 2.75) is 25.8 Å². The van der Waals surface area contributed by atoms with Crippen LogP contribution in [0.25, 0.3) is 5.65 Å². The Morgan fingerprint density at radius 1 is 1.53 bits per heavy atom. The molecule has 6 heteroatoms. The van der Waals surface area contributed by atoms with Crippen LogP contribution in [0.4, 0.5) is 0 Å². The highest BCUT2D eigenvalue weighted by Gasteiger charge is 2.19. The lowest BCUT2D eigenvalue weighted by molar-refractivity contribution is -0.138. The van der Waals surface area contributed by atoms with Gasteiger partial charge in [-0.25, -0.2) is 9.50 Å². The van der Waals surface area contributed by atoms with Crippen LogP contribution in [-0.4, -0.2) is 25.7 Å². The van der Waals surface area contributed by atoms with Gasteiger partial charge in [0, 0.05) is 17.7 Å². The maximum Gasteiger partial charge on any atom is 0.325 e. The number of hydrogen-bond acceptors (Lipinski definition) is 4. The molecule has 1 unspecified atom stereocenters. The quantitative estimate of drug-likeness (QED) is 0.824. The molecule has 3 N–H and O–H groups in total. The molecule has 0 fully saturated rings. The molecule has 0 aliphatic heterocycles. The molecule has 0 saturated heterocycles. The molecule has 0 amide bonds. The molecule has 0 radical (unpaired) electrons. The number of nitrogens with two attached hydrogens (primary N) is 1. The van der Waals surface area contributed by atoms with Gasteiger partial charge >= 0.3 is 5.97 Å². The first-order chi connectivity index (χ1) is 8.00. The minimum atomic E-state index is -1.08. The fraction of sp³-hybridized carbons (Fsp3) is 0.364. The van der Waals surface area contributed by atoms with Crippen molar-refractivity contribution < 1.29 is 9.90 Å². The van der Waals surface area contributed by atoms with E-state index in [-0.39, 0.29) is 5.92 Å². The fourth-order valence-electron chi connectivity index (χ4n) is 1.56. The molecule has 0 aliphatic carbocycles. The Morgan fingerprint density at radius 2 is 2.24 bits per heavy atom. The van der Waals surface area contributed by atoms with E-state index in [1.165, 1.54) is 0 Å². The molecule has 0 aromatic carbocycles. The van der Waals surface area contributed by atoms with E-state index in [1.807, 2.05) is 13.8 Å². The van der Waals surface area contributed by atoms with Gasteiger partial charge in [-0.15, -0.1) is 0 Å². The second kappa shape index (κ2) is 4.14. The van der Waals surface area contributed by atoms with Gasteiger partial charge in [-0.3, -0.25) is 4.79 Å². The van der Waals surface area contributed by atoms with Crippen LogP contribution in [0.1, 0.15) is 37.2 Å². The molecular formula is C11H14N4O2. The molecule has 2 heterocycles. The van der Waals surface area contributed by atoms with Gasteiger partial charge in [0.05, 0.1) is 0 Å². The van der Waals surface area contributed by atoms with Crippen LogP contribution in [0.15, 0.2) is 18.3 Å². The smallest absolute Gasteiger partial charge is 0.325 e. The van der Waals surface area contributed by atoms with Crippen molar-refractivity contribution in [1.29, 1.82) is 0 Å². The standard InChI is InChI=1S/C11H14N4O2/c1-6(2)9-13-10-7(8(12)11(16)17)4-3-5-15(10)14-9/h3-6,8H,12H2,1-2H3,(H,16,17). The highest BCUT2D eigenvalue weighted by molar-refractivity contribution is 5.78. The number of rotatable bonds is 3. The number of pyridine rings is 1. The maximum atomic E-state index is 10.9. The highest BCUT2D eigenvalue weighted by Crippen LogP contribution is 2.18. The van der Waals surface area contributed by atoms with E-state index < -0.39 is 12.0 Å². The molecular weight excluding hydrogens is 220 g/mol. The third kappa shape index (κ3) is 1.99. The summed E-state index contributed by atoms with van der Waals surface area (Å²) >= 11 is 0. The highest BCUT2D eigenvalue weighted by atomic mass is 16.4. The van der Waals surface area contributed by atoms with Gasteiger partial charge in [0.25, 0.3) is 0 Å². The zero-order valence-corrected chi connectivity index (χ0v) is 9.66. The summed E-state index contributed by atoms with van der Waals surface area (Å²) in [6.07, 6.45) is 1.73. The van der Waals surface area contributed by atoms with Gasteiger partial charge in [-0.1, -0.05) is 19.9 Å². The van der Waals surface area contributed by atoms with Crippen molar-refractivity contribution >= 4 is 11.6 Å². The average Bonchev–Trinajstić information content (AvgIpc) is 2.71. The van der Waals surface area contributed by atoms with Crippen LogP contribution >= 0.6 is 0 Å². The third-order valence-corrected chi connectivity index (χ3v) is 2.53. The molecule has 2 aromatic rings. The molecule has 0 spiro atoms. The van der Waals surface area contributed by atoms with Crippen LogP contribution in [0.3, 0.4) is 0 Å². The number of aromatic nitrogens is 3. The number of carboxylic acid groups (broad SMARTS) is 1. The Hall–Kier alpha value is -1.95. The molecule has 0 aliphatic rings. The van der Waals surface area contributed by atoms with Gasteiger partial charge in [0.2, 0.25) is 0 Å². The minimum Gasteiger partial charge on any atom is -0.480 e. The van der Waals surface area contributed by atoms with Crippen molar-refractivity contribution in [1.82, 2.24) is 14.6 Å². The lowest BCUT2D eigenvalue weighted by Gasteiger charge is -2.06. The zero-order chi connectivity index (χ0) is 12.6. The maximum absolute atomic E-state index is 10.9. The van der Waals surface area contributed by atoms with Crippen LogP contribution in [0.5, 0.6) is 0 Å². The third-order valence-electron chi connectivity index (χ3n) is 2.53. The van der Waals surface area contributed by atoms with Crippen LogP contribution in [0, 0.1) is 0 Å². The normalized spacial score (nSPS) is 13.2. The molecule has 17 heavy (non-hydrogen) atoms. The molecule has 0 saturated carbocycles. The Labute approximate surface area is 98.1 Å². The van der Waals surface area contributed by atoms with Crippen molar-refractivity contribution in [2.75, 3.05) is 0 Å². The first kappa shape index (κ1) is 11.5. The SMILES string of the molecule is CC(C)c1nc2c(C(N)C(=O)O)cccn2n1. The molecule has 0 bridgehead atoms. The van der Waals surface area contributed by atoms with Gasteiger partial charge in [-0.05, 0) is 6.07 Å². The monoisotopic (exact) mass is 234 g/mol. The van der Waals surface area contributed by atoms with Gasteiger partial charge in [0.15, 0.2) is 11.5 Å². The Balaban J connectivity index is 2.60. The Bertz CT molecular complexity index is 562. The minimum absolute atomic E-state index is 0.184. The average molecular weight is 234 g/mol. The topological polar surface area (TPSA) is 93.5 Å².